The van der Waals surface area contributed by atoms with Crippen LogP contribution in [-0.4, -0.2) is 6.21 Å². The summed E-state index contributed by atoms with van der Waals surface area (Å²) in [6, 6.07) is 8.81. The summed E-state index contributed by atoms with van der Waals surface area (Å²) in [6.45, 7) is 7.78. The van der Waals surface area contributed by atoms with E-state index in [2.05, 4.69) is 17.3 Å². The Bertz CT molecular complexity index is 244. The third kappa shape index (κ3) is 5.67. The van der Waals surface area contributed by atoms with Crippen molar-refractivity contribution in [3.63, 3.8) is 0 Å². The van der Waals surface area contributed by atoms with Crippen molar-refractivity contribution in [1.82, 2.24) is 0 Å². The van der Waals surface area contributed by atoms with E-state index in [-0.39, 0.29) is 18.6 Å². The zero-order valence-electron chi connectivity index (χ0n) is 8.63. The van der Waals surface area contributed by atoms with Crippen LogP contribution in [0.3, 0.4) is 0 Å². The van der Waals surface area contributed by atoms with Crippen molar-refractivity contribution in [2.24, 2.45) is 4.99 Å². The van der Waals surface area contributed by atoms with Crippen molar-refractivity contribution in [2.75, 3.05) is 0 Å². The number of rotatable bonds is 1. The summed E-state index contributed by atoms with van der Waals surface area (Å²) < 4.78 is 0. The largest absolute Gasteiger partial charge is 2.00 e. The molecule has 0 aliphatic rings. The fraction of sp³-hybridized carbons (Fsp3) is 0.364. The molecule has 0 heterocycles. The molecule has 1 nitrogen and oxygen atoms in total. The molecule has 0 aromatic heterocycles. The van der Waals surface area contributed by atoms with Gasteiger partial charge in [0.2, 0.25) is 0 Å². The zero-order valence-corrected chi connectivity index (χ0v) is 10.0. The van der Waals surface area contributed by atoms with E-state index in [4.69, 9.17) is 0 Å². The predicted octanol–water partition coefficient (Wildman–Crippen LogP) is 3.42. The minimum absolute atomic E-state index is 0. The maximum absolute atomic E-state index is 4.00. The Hall–Kier alpha value is -0.526. The van der Waals surface area contributed by atoms with Crippen molar-refractivity contribution in [1.29, 1.82) is 0 Å². The Kier molecular flexibility index (Phi) is 11.0. The first-order chi connectivity index (χ1) is 5.84. The van der Waals surface area contributed by atoms with Crippen LogP contribution < -0.4 is 0 Å². The summed E-state index contributed by atoms with van der Waals surface area (Å²) in [5.41, 5.74) is 2.02. The molecule has 0 bridgehead atoms. The molecule has 0 N–H and O–H groups in total. The molecule has 0 fully saturated rings. The fourth-order valence-electron chi connectivity index (χ4n) is 0.745. The standard InChI is InChI=1S/C9H9N.C2H6.V/c1-3-10-9-7-5-4-6-8(9)2;1-2;/h4-6H,1-2H3;1-2H3;/q-2;;+2. The second-order valence-corrected chi connectivity index (χ2v) is 2.04. The van der Waals surface area contributed by atoms with E-state index in [9.17, 15) is 0 Å². The number of aryl methyl sites for hydroxylation is 1. The molecule has 0 atom stereocenters. The van der Waals surface area contributed by atoms with E-state index in [1.807, 2.05) is 39.0 Å². The minimum atomic E-state index is 0. The van der Waals surface area contributed by atoms with E-state index in [0.29, 0.717) is 0 Å². The molecule has 1 radical (unpaired) electrons. The van der Waals surface area contributed by atoms with Gasteiger partial charge in [-0.2, -0.15) is 24.4 Å². The molecule has 0 amide bonds. The van der Waals surface area contributed by atoms with Crippen molar-refractivity contribution >= 4 is 11.9 Å². The van der Waals surface area contributed by atoms with Crippen molar-refractivity contribution in [2.45, 2.75) is 27.7 Å². The summed E-state index contributed by atoms with van der Waals surface area (Å²) in [7, 11) is 0. The van der Waals surface area contributed by atoms with E-state index >= 15 is 0 Å². The van der Waals surface area contributed by atoms with Gasteiger partial charge in [-0.1, -0.05) is 13.8 Å². The normalized spacial score (nSPS) is 8.62. The quantitative estimate of drug-likeness (QED) is 0.499. The van der Waals surface area contributed by atoms with Crippen LogP contribution in [0, 0.1) is 13.0 Å². The predicted molar refractivity (Wildman–Crippen MR) is 54.1 cm³/mol. The summed E-state index contributed by atoms with van der Waals surface area (Å²) in [5, 5.41) is 0. The van der Waals surface area contributed by atoms with Gasteiger partial charge in [0.05, 0.1) is 0 Å². The SMILES string of the molecule is CC.C[C-]=Nc1[c-]cccc1C.[V+2]. The van der Waals surface area contributed by atoms with Crippen LogP contribution in [0.4, 0.5) is 5.69 Å². The molecular weight excluding hydrogens is 197 g/mol. The molecule has 69 valence electrons. The minimum Gasteiger partial charge on any atom is -0.482 e. The molecule has 0 aliphatic carbocycles. The number of hydrogen-bond donors (Lipinski definition) is 0. The number of aliphatic imine (C=N–C) groups is 1. The van der Waals surface area contributed by atoms with E-state index < -0.39 is 0 Å². The smallest absolute Gasteiger partial charge is 0.482 e. The number of para-hydroxylation sites is 1. The molecular formula is C11H15NV. The van der Waals surface area contributed by atoms with E-state index in [1.54, 1.807) is 6.92 Å². The Morgan fingerprint density at radius 3 is 2.46 bits per heavy atom. The molecule has 2 heteroatoms. The third-order valence-electron chi connectivity index (χ3n) is 1.26. The van der Waals surface area contributed by atoms with Gasteiger partial charge in [0.25, 0.3) is 0 Å². The first-order valence-corrected chi connectivity index (χ1v) is 4.19. The average molecular weight is 212 g/mol. The summed E-state index contributed by atoms with van der Waals surface area (Å²) in [6.07, 6.45) is 2.72. The first-order valence-electron chi connectivity index (χ1n) is 4.19. The van der Waals surface area contributed by atoms with Gasteiger partial charge in [-0.3, -0.25) is 6.07 Å². The van der Waals surface area contributed by atoms with Gasteiger partial charge in [-0.15, -0.1) is 13.8 Å². The molecule has 0 saturated heterocycles. The Morgan fingerprint density at radius 1 is 1.38 bits per heavy atom. The maximum atomic E-state index is 4.00. The second kappa shape index (κ2) is 9.56. The Labute approximate surface area is 93.2 Å². The topological polar surface area (TPSA) is 12.4 Å². The van der Waals surface area contributed by atoms with Gasteiger partial charge < -0.3 is 4.99 Å². The number of hydrogen-bond acceptors (Lipinski definition) is 1. The molecule has 1 aromatic rings. The van der Waals surface area contributed by atoms with Crippen LogP contribution in [-0.2, 0) is 18.6 Å². The Morgan fingerprint density at radius 2 is 2.00 bits per heavy atom. The molecule has 0 unspecified atom stereocenters. The maximum Gasteiger partial charge on any atom is 2.00 e. The zero-order chi connectivity index (χ0) is 9.40. The van der Waals surface area contributed by atoms with Crippen LogP contribution in [0.15, 0.2) is 23.2 Å². The van der Waals surface area contributed by atoms with Crippen LogP contribution in [0.2, 0.25) is 0 Å². The van der Waals surface area contributed by atoms with Gasteiger partial charge in [-0.25, -0.2) is 11.3 Å². The van der Waals surface area contributed by atoms with Crippen LogP contribution in [0.5, 0.6) is 0 Å². The monoisotopic (exact) mass is 212 g/mol. The first kappa shape index (κ1) is 15.0. The molecule has 13 heavy (non-hydrogen) atoms. The summed E-state index contributed by atoms with van der Waals surface area (Å²) >= 11 is 0. The number of benzene rings is 1. The van der Waals surface area contributed by atoms with Crippen molar-refractivity contribution in [3.8, 4) is 0 Å². The molecule has 0 saturated carbocycles. The molecule has 1 rings (SSSR count). The van der Waals surface area contributed by atoms with Gasteiger partial charge in [-0.05, 0) is 0 Å². The third-order valence-corrected chi connectivity index (χ3v) is 1.26. The molecule has 1 aromatic carbocycles. The fourth-order valence-corrected chi connectivity index (χ4v) is 0.745. The van der Waals surface area contributed by atoms with Gasteiger partial charge >= 0.3 is 18.6 Å². The van der Waals surface area contributed by atoms with Gasteiger partial charge in [0.1, 0.15) is 0 Å². The van der Waals surface area contributed by atoms with Crippen molar-refractivity contribution < 1.29 is 18.6 Å². The average Bonchev–Trinajstić information content (AvgIpc) is 2.13. The van der Waals surface area contributed by atoms with Crippen molar-refractivity contribution in [3.05, 3.63) is 29.8 Å². The summed E-state index contributed by atoms with van der Waals surface area (Å²) in [5.74, 6) is 0. The van der Waals surface area contributed by atoms with E-state index in [0.717, 1.165) is 11.3 Å². The Balaban J connectivity index is 0. The van der Waals surface area contributed by atoms with Crippen LogP contribution in [0.25, 0.3) is 0 Å². The molecule has 0 spiro atoms. The van der Waals surface area contributed by atoms with E-state index in [1.165, 1.54) is 0 Å². The second-order valence-electron chi connectivity index (χ2n) is 2.04. The van der Waals surface area contributed by atoms with Gasteiger partial charge in [0, 0.05) is 0 Å². The number of nitrogens with zero attached hydrogens (tertiary/aromatic N) is 1. The van der Waals surface area contributed by atoms with Gasteiger partial charge in [0.15, 0.2) is 0 Å². The summed E-state index contributed by atoms with van der Waals surface area (Å²) in [4.78, 5) is 4.00. The molecule has 0 aliphatic heterocycles. The van der Waals surface area contributed by atoms with Crippen LogP contribution >= 0.6 is 0 Å². The van der Waals surface area contributed by atoms with Crippen LogP contribution in [0.1, 0.15) is 26.3 Å².